The maximum absolute atomic E-state index is 12.7. The van der Waals surface area contributed by atoms with Crippen LogP contribution in [-0.2, 0) is 14.3 Å². The highest BCUT2D eigenvalue weighted by Crippen LogP contribution is 2.32. The number of rotatable bonds is 6. The van der Waals surface area contributed by atoms with Crippen LogP contribution in [0.15, 0.2) is 0 Å². The van der Waals surface area contributed by atoms with Crippen LogP contribution in [0.1, 0.15) is 26.7 Å². The van der Waals surface area contributed by atoms with E-state index in [4.69, 9.17) is 15.2 Å². The zero-order valence-corrected chi connectivity index (χ0v) is 11.8. The molecule has 5 nitrogen and oxygen atoms in total. The highest BCUT2D eigenvalue weighted by atomic mass is 16.5. The van der Waals surface area contributed by atoms with Crippen molar-refractivity contribution in [2.24, 2.45) is 11.1 Å². The van der Waals surface area contributed by atoms with Crippen LogP contribution in [0.4, 0.5) is 0 Å². The molecule has 1 aliphatic rings. The minimum absolute atomic E-state index is 0.153. The fourth-order valence-corrected chi connectivity index (χ4v) is 2.36. The number of hydrogen-bond donors (Lipinski definition) is 1. The first-order chi connectivity index (χ1) is 8.57. The minimum Gasteiger partial charge on any atom is -0.383 e. The van der Waals surface area contributed by atoms with Gasteiger partial charge >= 0.3 is 0 Å². The summed E-state index contributed by atoms with van der Waals surface area (Å²) in [5.41, 5.74) is 5.44. The van der Waals surface area contributed by atoms with Gasteiger partial charge in [0, 0.05) is 39.5 Å². The molecule has 1 heterocycles. The van der Waals surface area contributed by atoms with Crippen LogP contribution in [0.25, 0.3) is 0 Å². The van der Waals surface area contributed by atoms with E-state index in [1.54, 1.807) is 7.11 Å². The molecule has 1 aliphatic heterocycles. The van der Waals surface area contributed by atoms with E-state index in [1.165, 1.54) is 0 Å². The zero-order valence-electron chi connectivity index (χ0n) is 11.8. The minimum atomic E-state index is -0.434. The molecule has 1 amide bonds. The largest absolute Gasteiger partial charge is 0.383 e. The van der Waals surface area contributed by atoms with Crippen LogP contribution in [0.2, 0.25) is 0 Å². The second-order valence-corrected chi connectivity index (χ2v) is 5.18. The molecule has 18 heavy (non-hydrogen) atoms. The van der Waals surface area contributed by atoms with Gasteiger partial charge in [-0.05, 0) is 26.7 Å². The van der Waals surface area contributed by atoms with Gasteiger partial charge in [0.1, 0.15) is 0 Å². The summed E-state index contributed by atoms with van der Waals surface area (Å²) in [6.07, 6.45) is 1.44. The molecule has 0 saturated carbocycles. The molecule has 1 fully saturated rings. The molecule has 5 heteroatoms. The number of ether oxygens (including phenoxy) is 2. The maximum atomic E-state index is 12.7. The number of nitrogens with two attached hydrogens (primary N) is 1. The highest BCUT2D eigenvalue weighted by molar-refractivity contribution is 5.83. The van der Waals surface area contributed by atoms with Crippen molar-refractivity contribution in [2.45, 2.75) is 32.7 Å². The van der Waals surface area contributed by atoms with Crippen LogP contribution in [-0.4, -0.2) is 56.9 Å². The first-order valence-electron chi connectivity index (χ1n) is 6.65. The molecule has 0 atom stereocenters. The molecule has 0 radical (unpaired) electrons. The van der Waals surface area contributed by atoms with Gasteiger partial charge in [0.05, 0.1) is 12.0 Å². The van der Waals surface area contributed by atoms with Gasteiger partial charge in [0.2, 0.25) is 5.91 Å². The Bertz CT molecular complexity index is 263. The average Bonchev–Trinajstić information content (AvgIpc) is 2.39. The molecule has 0 aromatic carbocycles. The van der Waals surface area contributed by atoms with Crippen LogP contribution in [0.3, 0.4) is 0 Å². The lowest BCUT2D eigenvalue weighted by Gasteiger charge is -2.40. The number of carbonyl (C=O) groups is 1. The van der Waals surface area contributed by atoms with E-state index < -0.39 is 5.41 Å². The second kappa shape index (κ2) is 7.07. The summed E-state index contributed by atoms with van der Waals surface area (Å²) in [6, 6.07) is 0.166. The lowest BCUT2D eigenvalue weighted by Crippen LogP contribution is -2.53. The first-order valence-corrected chi connectivity index (χ1v) is 6.65. The van der Waals surface area contributed by atoms with Gasteiger partial charge in [-0.15, -0.1) is 0 Å². The molecular formula is C13H26N2O3. The standard InChI is InChI=1S/C13H26N2O3/c1-11(2)15(6-9-17-3)12(16)13(10-14)4-7-18-8-5-13/h11H,4-10,14H2,1-3H3. The number of amides is 1. The number of hydrogen-bond acceptors (Lipinski definition) is 4. The lowest BCUT2D eigenvalue weighted by molar-refractivity contribution is -0.149. The van der Waals surface area contributed by atoms with Crippen molar-refractivity contribution in [3.05, 3.63) is 0 Å². The van der Waals surface area contributed by atoms with Gasteiger partial charge in [-0.3, -0.25) is 4.79 Å². The summed E-state index contributed by atoms with van der Waals surface area (Å²) in [4.78, 5) is 14.6. The summed E-state index contributed by atoms with van der Waals surface area (Å²) < 4.78 is 10.4. The van der Waals surface area contributed by atoms with Crippen molar-refractivity contribution in [1.29, 1.82) is 0 Å². The van der Waals surface area contributed by atoms with Crippen molar-refractivity contribution < 1.29 is 14.3 Å². The summed E-state index contributed by atoms with van der Waals surface area (Å²) in [5, 5.41) is 0. The lowest BCUT2D eigenvalue weighted by atomic mass is 9.78. The van der Waals surface area contributed by atoms with Crippen LogP contribution in [0.5, 0.6) is 0 Å². The van der Waals surface area contributed by atoms with Crippen molar-refractivity contribution in [3.63, 3.8) is 0 Å². The molecule has 1 saturated heterocycles. The second-order valence-electron chi connectivity index (χ2n) is 5.18. The summed E-state index contributed by atoms with van der Waals surface area (Å²) in [7, 11) is 1.65. The SMILES string of the molecule is COCCN(C(=O)C1(CN)CCOCC1)C(C)C. The van der Waals surface area contributed by atoms with Gasteiger partial charge in [0.15, 0.2) is 0 Å². The predicted octanol–water partition coefficient (Wildman–Crippen LogP) is 0.625. The van der Waals surface area contributed by atoms with E-state index in [0.29, 0.717) is 32.9 Å². The Morgan fingerprint density at radius 3 is 2.50 bits per heavy atom. The van der Waals surface area contributed by atoms with Crippen LogP contribution in [0, 0.1) is 5.41 Å². The Labute approximate surface area is 110 Å². The Hall–Kier alpha value is -0.650. The van der Waals surface area contributed by atoms with E-state index in [-0.39, 0.29) is 11.9 Å². The molecule has 1 rings (SSSR count). The fraction of sp³-hybridized carbons (Fsp3) is 0.923. The van der Waals surface area contributed by atoms with Gasteiger partial charge in [0.25, 0.3) is 0 Å². The Balaban J connectivity index is 2.78. The molecule has 0 unspecified atom stereocenters. The predicted molar refractivity (Wildman–Crippen MR) is 70.3 cm³/mol. The van der Waals surface area contributed by atoms with Gasteiger partial charge in [-0.1, -0.05) is 0 Å². The zero-order chi connectivity index (χ0) is 13.6. The van der Waals surface area contributed by atoms with E-state index in [9.17, 15) is 4.79 Å². The van der Waals surface area contributed by atoms with Crippen molar-refractivity contribution in [2.75, 3.05) is 40.0 Å². The van der Waals surface area contributed by atoms with Crippen molar-refractivity contribution in [3.8, 4) is 0 Å². The third-order valence-corrected chi connectivity index (χ3v) is 3.71. The molecule has 0 aromatic rings. The average molecular weight is 258 g/mol. The maximum Gasteiger partial charge on any atom is 0.230 e. The molecule has 2 N–H and O–H groups in total. The molecule has 0 spiro atoms. The summed E-state index contributed by atoms with van der Waals surface area (Å²) >= 11 is 0. The third-order valence-electron chi connectivity index (χ3n) is 3.71. The van der Waals surface area contributed by atoms with Crippen molar-refractivity contribution in [1.82, 2.24) is 4.90 Å². The van der Waals surface area contributed by atoms with Gasteiger partial charge in [-0.2, -0.15) is 0 Å². The number of nitrogens with zero attached hydrogens (tertiary/aromatic N) is 1. The highest BCUT2D eigenvalue weighted by Gasteiger charge is 2.41. The van der Waals surface area contributed by atoms with Crippen LogP contribution < -0.4 is 5.73 Å². The summed E-state index contributed by atoms with van der Waals surface area (Å²) in [5.74, 6) is 0.153. The quantitative estimate of drug-likeness (QED) is 0.759. The van der Waals surface area contributed by atoms with Gasteiger partial charge < -0.3 is 20.1 Å². The number of methoxy groups -OCH3 is 1. The molecule has 106 valence electrons. The monoisotopic (exact) mass is 258 g/mol. The number of carbonyl (C=O) groups excluding carboxylic acids is 1. The molecule has 0 aromatic heterocycles. The van der Waals surface area contributed by atoms with Crippen LogP contribution >= 0.6 is 0 Å². The van der Waals surface area contributed by atoms with Crippen molar-refractivity contribution >= 4 is 5.91 Å². The normalized spacial score (nSPS) is 18.9. The molecular weight excluding hydrogens is 232 g/mol. The molecule has 0 aliphatic carbocycles. The summed E-state index contributed by atoms with van der Waals surface area (Å²) in [6.45, 7) is 6.87. The third kappa shape index (κ3) is 3.43. The fourth-order valence-electron chi connectivity index (χ4n) is 2.36. The topological polar surface area (TPSA) is 64.8 Å². The van der Waals surface area contributed by atoms with E-state index in [0.717, 1.165) is 12.8 Å². The first kappa shape index (κ1) is 15.4. The Morgan fingerprint density at radius 1 is 1.44 bits per heavy atom. The Kier molecular flexibility index (Phi) is 6.05. The van der Waals surface area contributed by atoms with Gasteiger partial charge in [-0.25, -0.2) is 0 Å². The van der Waals surface area contributed by atoms with E-state index >= 15 is 0 Å². The van der Waals surface area contributed by atoms with E-state index in [2.05, 4.69) is 0 Å². The Morgan fingerprint density at radius 2 is 2.06 bits per heavy atom. The van der Waals surface area contributed by atoms with E-state index in [1.807, 2.05) is 18.7 Å². The molecule has 0 bridgehead atoms. The smallest absolute Gasteiger partial charge is 0.230 e.